The van der Waals surface area contributed by atoms with Gasteiger partial charge in [-0.3, -0.25) is 0 Å². The molecule has 0 N–H and O–H groups in total. The smallest absolute Gasteiger partial charge is 0.0168 e. The van der Waals surface area contributed by atoms with E-state index in [1.807, 2.05) is 18.2 Å². The Morgan fingerprint density at radius 3 is 3.10 bits per heavy atom. The fourth-order valence-corrected chi connectivity index (χ4v) is 0.938. The van der Waals surface area contributed by atoms with Crippen LogP contribution < -0.4 is 0 Å². The SMILES string of the molecule is CCCC1=CC=CC=C=C1. The molecule has 0 bridgehead atoms. The van der Waals surface area contributed by atoms with Crippen LogP contribution in [0.1, 0.15) is 19.8 Å². The average Bonchev–Trinajstić information content (AvgIpc) is 2.17. The van der Waals surface area contributed by atoms with Crippen molar-refractivity contribution in [3.63, 3.8) is 0 Å². The Morgan fingerprint density at radius 2 is 2.30 bits per heavy atom. The van der Waals surface area contributed by atoms with E-state index >= 15 is 0 Å². The topological polar surface area (TPSA) is 0 Å². The fraction of sp³-hybridized carbons (Fsp3) is 0.300. The van der Waals surface area contributed by atoms with Gasteiger partial charge in [-0.1, -0.05) is 31.6 Å². The zero-order valence-electron chi connectivity index (χ0n) is 6.30. The summed E-state index contributed by atoms with van der Waals surface area (Å²) in [6.45, 7) is 2.19. The highest BCUT2D eigenvalue weighted by atomic mass is 13.9. The minimum atomic E-state index is 1.16. The summed E-state index contributed by atoms with van der Waals surface area (Å²) in [6.07, 6.45) is 12.5. The van der Waals surface area contributed by atoms with Gasteiger partial charge in [0.05, 0.1) is 0 Å². The van der Waals surface area contributed by atoms with Crippen LogP contribution in [0.25, 0.3) is 0 Å². The highest BCUT2D eigenvalue weighted by molar-refractivity contribution is 5.28. The minimum Gasteiger partial charge on any atom is -0.121 e. The van der Waals surface area contributed by atoms with Gasteiger partial charge in [0.15, 0.2) is 0 Å². The van der Waals surface area contributed by atoms with Gasteiger partial charge in [0.1, 0.15) is 0 Å². The van der Waals surface area contributed by atoms with E-state index in [0.29, 0.717) is 0 Å². The lowest BCUT2D eigenvalue weighted by Crippen LogP contribution is -1.73. The summed E-state index contributed by atoms with van der Waals surface area (Å²) in [5.74, 6) is 0. The third-order valence-electron chi connectivity index (χ3n) is 1.42. The first kappa shape index (κ1) is 7.11. The Balaban J connectivity index is 2.66. The van der Waals surface area contributed by atoms with Crippen LogP contribution >= 0.6 is 0 Å². The van der Waals surface area contributed by atoms with Crippen LogP contribution in [0.5, 0.6) is 0 Å². The lowest BCUT2D eigenvalue weighted by atomic mass is 10.1. The molecule has 1 aliphatic carbocycles. The quantitative estimate of drug-likeness (QED) is 0.507. The zero-order valence-corrected chi connectivity index (χ0v) is 6.30. The Bertz CT molecular complexity index is 210. The molecule has 0 amide bonds. The molecule has 0 heteroatoms. The van der Waals surface area contributed by atoms with E-state index in [0.717, 1.165) is 6.42 Å². The van der Waals surface area contributed by atoms with Crippen LogP contribution in [0, 0.1) is 0 Å². The molecule has 52 valence electrons. The van der Waals surface area contributed by atoms with E-state index in [-0.39, 0.29) is 0 Å². The molecule has 0 nitrogen and oxygen atoms in total. The Labute approximate surface area is 62.3 Å². The summed E-state index contributed by atoms with van der Waals surface area (Å²) in [5.41, 5.74) is 4.45. The second kappa shape index (κ2) is 3.92. The summed E-state index contributed by atoms with van der Waals surface area (Å²) < 4.78 is 0. The molecule has 0 heterocycles. The molecule has 1 aliphatic rings. The van der Waals surface area contributed by atoms with Crippen molar-refractivity contribution in [2.24, 2.45) is 0 Å². The van der Waals surface area contributed by atoms with Crippen LogP contribution in [0.15, 0.2) is 41.7 Å². The van der Waals surface area contributed by atoms with Gasteiger partial charge in [-0.25, -0.2) is 0 Å². The van der Waals surface area contributed by atoms with E-state index < -0.39 is 0 Å². The molecule has 0 saturated carbocycles. The van der Waals surface area contributed by atoms with Crippen LogP contribution in [0.4, 0.5) is 0 Å². The highest BCUT2D eigenvalue weighted by Gasteiger charge is 1.87. The number of hydrogen-bond acceptors (Lipinski definition) is 0. The summed E-state index contributed by atoms with van der Waals surface area (Å²) in [7, 11) is 0. The maximum absolute atomic E-state index is 3.08. The summed E-state index contributed by atoms with van der Waals surface area (Å²) in [4.78, 5) is 0. The molecule has 0 aliphatic heterocycles. The molecule has 0 radical (unpaired) electrons. The summed E-state index contributed by atoms with van der Waals surface area (Å²) in [5, 5.41) is 0. The van der Waals surface area contributed by atoms with Gasteiger partial charge in [0.2, 0.25) is 0 Å². The van der Waals surface area contributed by atoms with Gasteiger partial charge in [-0.15, -0.1) is 5.73 Å². The van der Waals surface area contributed by atoms with Crippen molar-refractivity contribution in [1.82, 2.24) is 0 Å². The molecule has 0 aromatic rings. The molecular weight excluding hydrogens is 120 g/mol. The molecule has 0 saturated heterocycles. The van der Waals surface area contributed by atoms with E-state index in [1.165, 1.54) is 12.0 Å². The van der Waals surface area contributed by atoms with Gasteiger partial charge < -0.3 is 0 Å². The standard InChI is InChI=1S/C10H12/c1-2-7-10-8-5-3-4-6-9-10/h3-5,8-9H,2,7H2,1H3. The van der Waals surface area contributed by atoms with Crippen molar-refractivity contribution in [1.29, 1.82) is 0 Å². The first-order valence-electron chi connectivity index (χ1n) is 3.72. The average molecular weight is 132 g/mol. The van der Waals surface area contributed by atoms with E-state index in [4.69, 9.17) is 0 Å². The lowest BCUT2D eigenvalue weighted by molar-refractivity contribution is 0.927. The van der Waals surface area contributed by atoms with Crippen molar-refractivity contribution in [3.8, 4) is 0 Å². The first-order chi connectivity index (χ1) is 4.93. The molecule has 10 heavy (non-hydrogen) atoms. The molecule has 0 aromatic carbocycles. The van der Waals surface area contributed by atoms with Gasteiger partial charge >= 0.3 is 0 Å². The van der Waals surface area contributed by atoms with Crippen LogP contribution in [0.3, 0.4) is 0 Å². The number of allylic oxidation sites excluding steroid dienone is 5. The molecule has 1 rings (SSSR count). The molecule has 0 aromatic heterocycles. The Hall–Kier alpha value is -1.00. The van der Waals surface area contributed by atoms with Crippen molar-refractivity contribution < 1.29 is 0 Å². The van der Waals surface area contributed by atoms with Crippen molar-refractivity contribution >= 4 is 0 Å². The predicted molar refractivity (Wildman–Crippen MR) is 44.8 cm³/mol. The van der Waals surface area contributed by atoms with Gasteiger partial charge in [-0.05, 0) is 24.1 Å². The Kier molecular flexibility index (Phi) is 2.79. The molecule has 0 unspecified atom stereocenters. The molecule has 0 fully saturated rings. The number of rotatable bonds is 2. The normalized spacial score (nSPS) is 15.1. The van der Waals surface area contributed by atoms with E-state index in [1.54, 1.807) is 0 Å². The van der Waals surface area contributed by atoms with Gasteiger partial charge in [0, 0.05) is 0 Å². The first-order valence-corrected chi connectivity index (χ1v) is 3.72. The third kappa shape index (κ3) is 2.08. The minimum absolute atomic E-state index is 1.16. The maximum atomic E-state index is 3.08. The second-order valence-electron chi connectivity index (χ2n) is 2.35. The van der Waals surface area contributed by atoms with Crippen molar-refractivity contribution in [2.75, 3.05) is 0 Å². The molecule has 0 spiro atoms. The lowest BCUT2D eigenvalue weighted by Gasteiger charge is -1.93. The van der Waals surface area contributed by atoms with Crippen LogP contribution in [-0.4, -0.2) is 0 Å². The largest absolute Gasteiger partial charge is 0.121 e. The number of hydrogen-bond donors (Lipinski definition) is 0. The van der Waals surface area contributed by atoms with Crippen molar-refractivity contribution in [2.45, 2.75) is 19.8 Å². The molecular formula is C10H12. The third-order valence-corrected chi connectivity index (χ3v) is 1.42. The summed E-state index contributed by atoms with van der Waals surface area (Å²) in [6, 6.07) is 0. The zero-order chi connectivity index (χ0) is 7.23. The van der Waals surface area contributed by atoms with Gasteiger partial charge in [0.25, 0.3) is 0 Å². The predicted octanol–water partition coefficient (Wildman–Crippen LogP) is 2.99. The summed E-state index contributed by atoms with van der Waals surface area (Å²) >= 11 is 0. The van der Waals surface area contributed by atoms with E-state index in [9.17, 15) is 0 Å². The fourth-order valence-electron chi connectivity index (χ4n) is 0.938. The van der Waals surface area contributed by atoms with Crippen LogP contribution in [-0.2, 0) is 0 Å². The van der Waals surface area contributed by atoms with Crippen molar-refractivity contribution in [3.05, 3.63) is 41.7 Å². The van der Waals surface area contributed by atoms with Gasteiger partial charge in [-0.2, -0.15) is 0 Å². The van der Waals surface area contributed by atoms with Crippen LogP contribution in [0.2, 0.25) is 0 Å². The highest BCUT2D eigenvalue weighted by Crippen LogP contribution is 2.07. The second-order valence-corrected chi connectivity index (χ2v) is 2.35. The molecule has 0 atom stereocenters. The van der Waals surface area contributed by atoms with E-state index in [2.05, 4.69) is 24.8 Å². The monoisotopic (exact) mass is 132 g/mol. The Morgan fingerprint density at radius 1 is 1.40 bits per heavy atom. The maximum Gasteiger partial charge on any atom is -0.0168 e.